The summed E-state index contributed by atoms with van der Waals surface area (Å²) in [6.07, 6.45) is 4.67. The molecular weight excluding hydrogens is 354 g/mol. The van der Waals surface area contributed by atoms with Gasteiger partial charge in [0.05, 0.1) is 6.54 Å². The van der Waals surface area contributed by atoms with Gasteiger partial charge in [-0.15, -0.1) is 0 Å². The Kier molecular flexibility index (Phi) is 4.83. The Hall–Kier alpha value is -2.83. The van der Waals surface area contributed by atoms with Crippen molar-refractivity contribution in [3.05, 3.63) is 56.2 Å². The third kappa shape index (κ3) is 3.15. The number of aryl methyl sites for hydroxylation is 2. The Morgan fingerprint density at radius 1 is 1.00 bits per heavy atom. The van der Waals surface area contributed by atoms with Crippen molar-refractivity contribution < 1.29 is 0 Å². The standard InChI is InChI=1S/C21H27N5O2/c1-15-9-8-10-16(13-15)14-26-17-18(23(2)21(28)24(3)19(17)27)22-20(26)25-11-6-4-5-7-12-25/h8-10,13H,4-7,11-12,14H2,1-3H3. The molecule has 1 aromatic carbocycles. The highest BCUT2D eigenvalue weighted by Gasteiger charge is 2.23. The monoisotopic (exact) mass is 381 g/mol. The van der Waals surface area contributed by atoms with E-state index in [1.54, 1.807) is 7.05 Å². The number of aromatic nitrogens is 4. The molecule has 0 aliphatic carbocycles. The first-order valence-corrected chi connectivity index (χ1v) is 9.94. The highest BCUT2D eigenvalue weighted by Crippen LogP contribution is 2.24. The first-order chi connectivity index (χ1) is 13.5. The minimum atomic E-state index is -0.347. The van der Waals surface area contributed by atoms with Crippen molar-refractivity contribution in [2.24, 2.45) is 14.1 Å². The molecule has 0 unspecified atom stereocenters. The Bertz CT molecular complexity index is 1130. The molecule has 1 aliphatic heterocycles. The van der Waals surface area contributed by atoms with E-state index in [0.29, 0.717) is 17.7 Å². The molecule has 3 heterocycles. The lowest BCUT2D eigenvalue weighted by atomic mass is 10.1. The summed E-state index contributed by atoms with van der Waals surface area (Å²) >= 11 is 0. The lowest BCUT2D eigenvalue weighted by molar-refractivity contribution is 0.697. The molecule has 0 N–H and O–H groups in total. The van der Waals surface area contributed by atoms with Gasteiger partial charge in [-0.2, -0.15) is 4.98 Å². The molecule has 1 saturated heterocycles. The summed E-state index contributed by atoms with van der Waals surface area (Å²) < 4.78 is 4.64. The van der Waals surface area contributed by atoms with Gasteiger partial charge in [-0.1, -0.05) is 42.7 Å². The summed E-state index contributed by atoms with van der Waals surface area (Å²) in [7, 11) is 3.21. The molecule has 3 aromatic rings. The van der Waals surface area contributed by atoms with Crippen LogP contribution in [-0.2, 0) is 20.6 Å². The zero-order valence-electron chi connectivity index (χ0n) is 16.8. The molecule has 148 valence electrons. The van der Waals surface area contributed by atoms with Crippen LogP contribution in [0.5, 0.6) is 0 Å². The zero-order chi connectivity index (χ0) is 19.8. The molecule has 0 atom stereocenters. The van der Waals surface area contributed by atoms with Crippen LogP contribution in [0.2, 0.25) is 0 Å². The quantitative estimate of drug-likeness (QED) is 0.697. The Labute approximate surface area is 163 Å². The molecule has 1 fully saturated rings. The van der Waals surface area contributed by atoms with Crippen LogP contribution in [0.3, 0.4) is 0 Å². The van der Waals surface area contributed by atoms with E-state index in [9.17, 15) is 9.59 Å². The first kappa shape index (κ1) is 18.5. The predicted octanol–water partition coefficient (Wildman–Crippen LogP) is 2.17. The van der Waals surface area contributed by atoms with Crippen molar-refractivity contribution in [1.82, 2.24) is 18.7 Å². The van der Waals surface area contributed by atoms with Gasteiger partial charge in [0.25, 0.3) is 5.56 Å². The second-order valence-electron chi connectivity index (χ2n) is 7.77. The van der Waals surface area contributed by atoms with Gasteiger partial charge < -0.3 is 4.90 Å². The Balaban J connectivity index is 1.96. The van der Waals surface area contributed by atoms with E-state index in [2.05, 4.69) is 30.0 Å². The normalized spacial score (nSPS) is 15.2. The number of nitrogens with zero attached hydrogens (tertiary/aromatic N) is 5. The van der Waals surface area contributed by atoms with Crippen molar-refractivity contribution in [2.75, 3.05) is 18.0 Å². The molecule has 0 saturated carbocycles. The molecule has 0 radical (unpaired) electrons. The van der Waals surface area contributed by atoms with Crippen molar-refractivity contribution in [3.63, 3.8) is 0 Å². The fraction of sp³-hybridized carbons (Fsp3) is 0.476. The molecule has 7 nitrogen and oxygen atoms in total. The van der Waals surface area contributed by atoms with E-state index in [4.69, 9.17) is 4.98 Å². The summed E-state index contributed by atoms with van der Waals surface area (Å²) in [5.74, 6) is 0.789. The van der Waals surface area contributed by atoms with E-state index in [0.717, 1.165) is 37.4 Å². The summed E-state index contributed by atoms with van der Waals surface area (Å²) in [5.41, 5.74) is 2.61. The highest BCUT2D eigenvalue weighted by molar-refractivity contribution is 5.74. The lowest BCUT2D eigenvalue weighted by Crippen LogP contribution is -2.37. The van der Waals surface area contributed by atoms with Crippen molar-refractivity contribution >= 4 is 17.1 Å². The maximum atomic E-state index is 13.0. The molecule has 2 aromatic heterocycles. The maximum Gasteiger partial charge on any atom is 0.332 e. The Morgan fingerprint density at radius 3 is 2.39 bits per heavy atom. The number of fused-ring (bicyclic) bond motifs is 1. The summed E-state index contributed by atoms with van der Waals surface area (Å²) in [5, 5.41) is 0. The molecule has 0 bridgehead atoms. The number of anilines is 1. The molecule has 7 heteroatoms. The second kappa shape index (κ2) is 7.30. The topological polar surface area (TPSA) is 65.1 Å². The van der Waals surface area contributed by atoms with Crippen LogP contribution in [0.4, 0.5) is 5.95 Å². The molecular formula is C21H27N5O2. The molecule has 0 amide bonds. The molecule has 28 heavy (non-hydrogen) atoms. The van der Waals surface area contributed by atoms with E-state index in [1.165, 1.54) is 34.6 Å². The van der Waals surface area contributed by atoms with Crippen LogP contribution in [0.25, 0.3) is 11.2 Å². The van der Waals surface area contributed by atoms with Gasteiger partial charge in [-0.05, 0) is 25.3 Å². The lowest BCUT2D eigenvalue weighted by Gasteiger charge is -2.22. The summed E-state index contributed by atoms with van der Waals surface area (Å²) in [4.78, 5) is 32.5. The molecule has 4 rings (SSSR count). The average molecular weight is 381 g/mol. The highest BCUT2D eigenvalue weighted by atomic mass is 16.2. The summed E-state index contributed by atoms with van der Waals surface area (Å²) in [6, 6.07) is 8.29. The van der Waals surface area contributed by atoms with Gasteiger partial charge in [0.2, 0.25) is 5.95 Å². The minimum Gasteiger partial charge on any atom is -0.342 e. The SMILES string of the molecule is Cc1cccc(Cn2c(N3CCCCCC3)nc3c2c(=O)n(C)c(=O)n3C)c1. The predicted molar refractivity (Wildman–Crippen MR) is 111 cm³/mol. The fourth-order valence-corrected chi connectivity index (χ4v) is 4.09. The number of rotatable bonds is 3. The third-order valence-electron chi connectivity index (χ3n) is 5.64. The van der Waals surface area contributed by atoms with Crippen LogP contribution >= 0.6 is 0 Å². The second-order valence-corrected chi connectivity index (χ2v) is 7.77. The molecule has 0 spiro atoms. The van der Waals surface area contributed by atoms with Crippen LogP contribution in [-0.4, -0.2) is 31.8 Å². The van der Waals surface area contributed by atoms with Crippen LogP contribution < -0.4 is 16.1 Å². The van der Waals surface area contributed by atoms with E-state index in [1.807, 2.05) is 10.6 Å². The van der Waals surface area contributed by atoms with Gasteiger partial charge in [0, 0.05) is 27.2 Å². The van der Waals surface area contributed by atoms with E-state index >= 15 is 0 Å². The number of hydrogen-bond acceptors (Lipinski definition) is 4. The zero-order valence-corrected chi connectivity index (χ0v) is 16.8. The van der Waals surface area contributed by atoms with E-state index in [-0.39, 0.29) is 11.2 Å². The van der Waals surface area contributed by atoms with Gasteiger partial charge in [-0.25, -0.2) is 4.79 Å². The van der Waals surface area contributed by atoms with E-state index < -0.39 is 0 Å². The third-order valence-corrected chi connectivity index (χ3v) is 5.64. The maximum absolute atomic E-state index is 13.0. The van der Waals surface area contributed by atoms with Crippen molar-refractivity contribution in [3.8, 4) is 0 Å². The van der Waals surface area contributed by atoms with Crippen molar-refractivity contribution in [1.29, 1.82) is 0 Å². The number of imidazole rings is 1. The van der Waals surface area contributed by atoms with Gasteiger partial charge in [-0.3, -0.25) is 18.5 Å². The van der Waals surface area contributed by atoms with Crippen LogP contribution in [0.15, 0.2) is 33.9 Å². The number of hydrogen-bond donors (Lipinski definition) is 0. The van der Waals surface area contributed by atoms with Crippen molar-refractivity contribution in [2.45, 2.75) is 39.2 Å². The van der Waals surface area contributed by atoms with Gasteiger partial charge in [0.1, 0.15) is 0 Å². The summed E-state index contributed by atoms with van der Waals surface area (Å²) in [6.45, 7) is 4.46. The fourth-order valence-electron chi connectivity index (χ4n) is 4.09. The van der Waals surface area contributed by atoms with Crippen LogP contribution in [0, 0.1) is 6.92 Å². The molecule has 1 aliphatic rings. The van der Waals surface area contributed by atoms with Gasteiger partial charge >= 0.3 is 5.69 Å². The number of benzene rings is 1. The first-order valence-electron chi connectivity index (χ1n) is 9.94. The largest absolute Gasteiger partial charge is 0.342 e. The Morgan fingerprint density at radius 2 is 1.71 bits per heavy atom. The van der Waals surface area contributed by atoms with Gasteiger partial charge in [0.15, 0.2) is 11.2 Å². The van der Waals surface area contributed by atoms with Crippen LogP contribution in [0.1, 0.15) is 36.8 Å². The average Bonchev–Trinajstić information content (AvgIpc) is 2.86. The smallest absolute Gasteiger partial charge is 0.332 e. The minimum absolute atomic E-state index is 0.292.